The van der Waals surface area contributed by atoms with E-state index in [-0.39, 0.29) is 6.04 Å². The lowest BCUT2D eigenvalue weighted by atomic mass is 9.87. The molecule has 0 spiro atoms. The van der Waals surface area contributed by atoms with Crippen LogP contribution in [0.4, 0.5) is 0 Å². The van der Waals surface area contributed by atoms with Crippen LogP contribution in [0, 0.1) is 5.92 Å². The lowest BCUT2D eigenvalue weighted by Crippen LogP contribution is -2.41. The maximum atomic E-state index is 13.3. The van der Waals surface area contributed by atoms with E-state index in [1.807, 2.05) is 35.0 Å². The highest BCUT2D eigenvalue weighted by Gasteiger charge is 2.31. The van der Waals surface area contributed by atoms with Crippen molar-refractivity contribution in [3.05, 3.63) is 36.5 Å². The average molecular weight is 388 g/mol. The molecule has 2 unspecified atom stereocenters. The Kier molecular flexibility index (Phi) is 5.37. The summed E-state index contributed by atoms with van der Waals surface area (Å²) < 4.78 is 31.5. The minimum Gasteiger partial charge on any atom is -0.268 e. The van der Waals surface area contributed by atoms with Crippen LogP contribution in [0.2, 0.25) is 0 Å². The fraction of sp³-hybridized carbons (Fsp3) is 0.571. The smallest absolute Gasteiger partial charge is 0.244 e. The maximum Gasteiger partial charge on any atom is 0.244 e. The second-order valence-electron chi connectivity index (χ2n) is 8.12. The van der Waals surface area contributed by atoms with Crippen molar-refractivity contribution in [2.45, 2.75) is 75.3 Å². The predicted molar refractivity (Wildman–Crippen MR) is 107 cm³/mol. The SMILES string of the molecule is CC1CCCCC1NS(=O)(=O)c1cn(C2CCCC2)nc1-c1ccccc1. The van der Waals surface area contributed by atoms with Gasteiger partial charge in [0.1, 0.15) is 10.6 Å². The first-order chi connectivity index (χ1) is 13.0. The van der Waals surface area contributed by atoms with Crippen molar-refractivity contribution in [1.82, 2.24) is 14.5 Å². The van der Waals surface area contributed by atoms with Crippen LogP contribution in [0.3, 0.4) is 0 Å². The summed E-state index contributed by atoms with van der Waals surface area (Å²) in [7, 11) is -3.61. The second kappa shape index (κ2) is 7.76. The van der Waals surface area contributed by atoms with Crippen molar-refractivity contribution in [2.75, 3.05) is 0 Å². The van der Waals surface area contributed by atoms with E-state index in [9.17, 15) is 8.42 Å². The van der Waals surface area contributed by atoms with Crippen LogP contribution in [0.15, 0.2) is 41.4 Å². The van der Waals surface area contributed by atoms with E-state index in [0.717, 1.165) is 37.7 Å². The molecule has 4 rings (SSSR count). The average Bonchev–Trinajstić information content (AvgIpc) is 3.34. The van der Waals surface area contributed by atoms with E-state index in [1.54, 1.807) is 6.20 Å². The first-order valence-corrected chi connectivity index (χ1v) is 11.7. The summed E-state index contributed by atoms with van der Waals surface area (Å²) in [6.45, 7) is 2.15. The lowest BCUT2D eigenvalue weighted by molar-refractivity contribution is 0.310. The molecule has 2 aliphatic carbocycles. The second-order valence-corrected chi connectivity index (χ2v) is 9.80. The first kappa shape index (κ1) is 18.7. The first-order valence-electron chi connectivity index (χ1n) is 10.2. The number of nitrogens with zero attached hydrogens (tertiary/aromatic N) is 2. The van der Waals surface area contributed by atoms with Gasteiger partial charge in [-0.1, -0.05) is 62.9 Å². The van der Waals surface area contributed by atoms with Gasteiger partial charge in [-0.25, -0.2) is 13.1 Å². The third-order valence-corrected chi connectivity index (χ3v) is 7.64. The van der Waals surface area contributed by atoms with Gasteiger partial charge >= 0.3 is 0 Å². The molecule has 2 atom stereocenters. The van der Waals surface area contributed by atoms with Crippen LogP contribution >= 0.6 is 0 Å². The molecule has 27 heavy (non-hydrogen) atoms. The summed E-state index contributed by atoms with van der Waals surface area (Å²) in [6, 6.07) is 9.99. The molecule has 1 heterocycles. The monoisotopic (exact) mass is 387 g/mol. The van der Waals surface area contributed by atoms with Gasteiger partial charge < -0.3 is 0 Å². The number of benzene rings is 1. The zero-order valence-corrected chi connectivity index (χ0v) is 16.8. The van der Waals surface area contributed by atoms with Crippen molar-refractivity contribution in [3.63, 3.8) is 0 Å². The Morgan fingerprint density at radius 3 is 2.37 bits per heavy atom. The number of hydrogen-bond donors (Lipinski definition) is 1. The van der Waals surface area contributed by atoms with Crippen molar-refractivity contribution in [3.8, 4) is 11.3 Å². The van der Waals surface area contributed by atoms with Gasteiger partial charge in [-0.05, 0) is 31.6 Å². The molecule has 1 aromatic carbocycles. The van der Waals surface area contributed by atoms with Gasteiger partial charge in [0.15, 0.2) is 0 Å². The number of nitrogens with one attached hydrogen (secondary N) is 1. The van der Waals surface area contributed by atoms with Gasteiger partial charge in [0.05, 0.1) is 6.04 Å². The zero-order chi connectivity index (χ0) is 18.9. The molecular weight excluding hydrogens is 358 g/mol. The molecule has 2 fully saturated rings. The Morgan fingerprint density at radius 1 is 1.00 bits per heavy atom. The van der Waals surface area contributed by atoms with Gasteiger partial charge in [-0.2, -0.15) is 5.10 Å². The Labute approximate surface area is 162 Å². The Balaban J connectivity index is 1.71. The minimum absolute atomic E-state index is 0.0159. The summed E-state index contributed by atoms with van der Waals surface area (Å²) in [5.41, 5.74) is 1.42. The summed E-state index contributed by atoms with van der Waals surface area (Å²) in [5, 5.41) is 4.74. The Hall–Kier alpha value is -1.66. The summed E-state index contributed by atoms with van der Waals surface area (Å²) in [5.74, 6) is 0.374. The molecule has 2 aromatic rings. The molecule has 1 aromatic heterocycles. The molecule has 0 aliphatic heterocycles. The van der Waals surface area contributed by atoms with E-state index < -0.39 is 10.0 Å². The van der Waals surface area contributed by atoms with Crippen molar-refractivity contribution >= 4 is 10.0 Å². The number of sulfonamides is 1. The third-order valence-electron chi connectivity index (χ3n) is 6.15. The Morgan fingerprint density at radius 2 is 1.67 bits per heavy atom. The molecule has 2 aliphatic rings. The predicted octanol–water partition coefficient (Wildman–Crippen LogP) is 4.52. The molecule has 0 radical (unpaired) electrons. The maximum absolute atomic E-state index is 13.3. The molecule has 146 valence electrons. The van der Waals surface area contributed by atoms with Gasteiger partial charge in [0.25, 0.3) is 0 Å². The quantitative estimate of drug-likeness (QED) is 0.820. The van der Waals surface area contributed by atoms with Crippen molar-refractivity contribution in [2.24, 2.45) is 5.92 Å². The van der Waals surface area contributed by atoms with Crippen LogP contribution in [-0.4, -0.2) is 24.2 Å². The normalized spacial score (nSPS) is 24.3. The molecule has 2 saturated carbocycles. The minimum atomic E-state index is -3.61. The largest absolute Gasteiger partial charge is 0.268 e. The summed E-state index contributed by atoms with van der Waals surface area (Å²) >= 11 is 0. The zero-order valence-electron chi connectivity index (χ0n) is 16.0. The van der Waals surface area contributed by atoms with Crippen LogP contribution in [0.25, 0.3) is 11.3 Å². The molecule has 1 N–H and O–H groups in total. The summed E-state index contributed by atoms with van der Waals surface area (Å²) in [4.78, 5) is 0.318. The number of aromatic nitrogens is 2. The van der Waals surface area contributed by atoms with E-state index in [0.29, 0.717) is 22.5 Å². The topological polar surface area (TPSA) is 64.0 Å². The highest BCUT2D eigenvalue weighted by atomic mass is 32.2. The number of hydrogen-bond acceptors (Lipinski definition) is 3. The van der Waals surface area contributed by atoms with Crippen LogP contribution in [-0.2, 0) is 10.0 Å². The van der Waals surface area contributed by atoms with E-state index in [4.69, 9.17) is 5.10 Å². The fourth-order valence-corrected chi connectivity index (χ4v) is 6.01. The van der Waals surface area contributed by atoms with Crippen molar-refractivity contribution < 1.29 is 8.42 Å². The molecule has 5 nitrogen and oxygen atoms in total. The fourth-order valence-electron chi connectivity index (χ4n) is 4.48. The van der Waals surface area contributed by atoms with Crippen LogP contribution in [0.1, 0.15) is 64.3 Å². The van der Waals surface area contributed by atoms with Crippen molar-refractivity contribution in [1.29, 1.82) is 0 Å². The van der Waals surface area contributed by atoms with Gasteiger partial charge in [0, 0.05) is 17.8 Å². The van der Waals surface area contributed by atoms with Gasteiger partial charge in [-0.15, -0.1) is 0 Å². The molecule has 0 amide bonds. The van der Waals surface area contributed by atoms with Crippen LogP contribution in [0.5, 0.6) is 0 Å². The van der Waals surface area contributed by atoms with E-state index in [1.165, 1.54) is 19.3 Å². The number of rotatable bonds is 5. The Bertz CT molecular complexity index is 870. The van der Waals surface area contributed by atoms with E-state index >= 15 is 0 Å². The molecule has 0 saturated heterocycles. The highest BCUT2D eigenvalue weighted by molar-refractivity contribution is 7.89. The lowest BCUT2D eigenvalue weighted by Gasteiger charge is -2.29. The highest BCUT2D eigenvalue weighted by Crippen LogP contribution is 2.34. The van der Waals surface area contributed by atoms with E-state index in [2.05, 4.69) is 11.6 Å². The van der Waals surface area contributed by atoms with Crippen LogP contribution < -0.4 is 4.72 Å². The molecule has 6 heteroatoms. The van der Waals surface area contributed by atoms with Gasteiger partial charge in [-0.3, -0.25) is 4.68 Å². The standard InChI is InChI=1S/C21H29N3O2S/c1-16-9-5-8-14-19(16)23-27(25,26)20-15-24(18-12-6-7-13-18)22-21(20)17-10-3-2-4-11-17/h2-4,10-11,15-16,18-19,23H,5-9,12-14H2,1H3. The third kappa shape index (κ3) is 3.97. The molecule has 0 bridgehead atoms. The molecular formula is C21H29N3O2S. The summed E-state index contributed by atoms with van der Waals surface area (Å²) in [6.07, 6.45) is 10.5. The van der Waals surface area contributed by atoms with Gasteiger partial charge in [0.2, 0.25) is 10.0 Å².